The van der Waals surface area contributed by atoms with Crippen molar-refractivity contribution in [2.75, 3.05) is 0 Å². The molecule has 0 unspecified atom stereocenters. The van der Waals surface area contributed by atoms with Gasteiger partial charge in [-0.3, -0.25) is 14.9 Å². The Balaban J connectivity index is 1.74. The number of carbonyl (C=O) groups is 2. The van der Waals surface area contributed by atoms with Gasteiger partial charge in [0, 0.05) is 18.1 Å². The highest BCUT2D eigenvalue weighted by molar-refractivity contribution is 6.73. The molecule has 1 aromatic rings. The number of nitro benzene ring substituents is 1. The molecule has 1 aromatic carbocycles. The maximum Gasteiger partial charge on any atom is 0.355 e. The van der Waals surface area contributed by atoms with E-state index >= 15 is 0 Å². The molecule has 184 valence electrons. The molecule has 2 heterocycles. The van der Waals surface area contributed by atoms with Crippen molar-refractivity contribution in [1.82, 2.24) is 4.90 Å². The number of ether oxygens (including phenoxy) is 1. The SMILES string of the molecule is C=CC1=C(C(=O)OCc2ccc([N+](=O)[O-])cc2)N2C(=O)[C@H]([C@@H](C)O[Si](CC)(CC)CC)[C@H]2[C@H]1C. The quantitative estimate of drug-likeness (QED) is 0.144. The van der Waals surface area contributed by atoms with Gasteiger partial charge in [-0.25, -0.2) is 4.79 Å². The minimum Gasteiger partial charge on any atom is -0.456 e. The van der Waals surface area contributed by atoms with Crippen LogP contribution >= 0.6 is 0 Å². The number of hydrogen-bond donors (Lipinski definition) is 0. The van der Waals surface area contributed by atoms with Crippen molar-refractivity contribution in [2.24, 2.45) is 11.8 Å². The van der Waals surface area contributed by atoms with Crippen LogP contribution in [0.2, 0.25) is 18.1 Å². The Labute approximate surface area is 201 Å². The molecular weight excluding hydrogens is 452 g/mol. The predicted molar refractivity (Wildman–Crippen MR) is 131 cm³/mol. The number of hydrogen-bond acceptors (Lipinski definition) is 6. The summed E-state index contributed by atoms with van der Waals surface area (Å²) in [5.74, 6) is -1.08. The molecular formula is C25H34N2O6Si. The van der Waals surface area contributed by atoms with Crippen LogP contribution in [0.4, 0.5) is 5.69 Å². The third-order valence-electron chi connectivity index (χ3n) is 7.51. The van der Waals surface area contributed by atoms with Crippen LogP contribution in [0.3, 0.4) is 0 Å². The van der Waals surface area contributed by atoms with E-state index in [1.807, 2.05) is 13.8 Å². The molecule has 9 heteroatoms. The number of amides is 1. The number of fused-ring (bicyclic) bond motifs is 1. The maximum absolute atomic E-state index is 13.3. The highest BCUT2D eigenvalue weighted by Crippen LogP contribution is 2.48. The van der Waals surface area contributed by atoms with Crippen molar-refractivity contribution in [2.45, 2.75) is 71.5 Å². The highest BCUT2D eigenvalue weighted by Gasteiger charge is 2.60. The molecule has 3 rings (SSSR count). The Morgan fingerprint density at radius 3 is 2.32 bits per heavy atom. The van der Waals surface area contributed by atoms with Gasteiger partial charge in [-0.15, -0.1) is 0 Å². The van der Waals surface area contributed by atoms with Crippen molar-refractivity contribution in [1.29, 1.82) is 0 Å². The topological polar surface area (TPSA) is 99.0 Å². The number of carbonyl (C=O) groups excluding carboxylic acids is 2. The summed E-state index contributed by atoms with van der Waals surface area (Å²) in [5, 5.41) is 10.8. The molecule has 2 aliphatic heterocycles. The summed E-state index contributed by atoms with van der Waals surface area (Å²) < 4.78 is 12.1. The second-order valence-electron chi connectivity index (χ2n) is 9.09. The van der Waals surface area contributed by atoms with E-state index in [-0.39, 0.29) is 47.9 Å². The minimum absolute atomic E-state index is 0.0333. The second kappa shape index (κ2) is 10.2. The lowest BCUT2D eigenvalue weighted by molar-refractivity contribution is -0.384. The summed E-state index contributed by atoms with van der Waals surface area (Å²) in [7, 11) is -1.88. The average Bonchev–Trinajstić information content (AvgIpc) is 3.09. The van der Waals surface area contributed by atoms with Gasteiger partial charge in [0.2, 0.25) is 5.91 Å². The lowest BCUT2D eigenvalue weighted by Gasteiger charge is -2.49. The first-order valence-corrected chi connectivity index (χ1v) is 14.5. The van der Waals surface area contributed by atoms with E-state index in [9.17, 15) is 19.7 Å². The summed E-state index contributed by atoms with van der Waals surface area (Å²) in [5.41, 5.74) is 1.53. The van der Waals surface area contributed by atoms with Crippen LogP contribution in [0.15, 0.2) is 48.2 Å². The summed E-state index contributed by atoms with van der Waals surface area (Å²) in [6, 6.07) is 8.68. The van der Waals surface area contributed by atoms with Crippen LogP contribution in [0.1, 0.15) is 40.2 Å². The number of nitro groups is 1. The Hall–Kier alpha value is -2.78. The Bertz CT molecular complexity index is 993. The van der Waals surface area contributed by atoms with Gasteiger partial charge >= 0.3 is 5.97 Å². The molecule has 4 atom stereocenters. The summed E-state index contributed by atoms with van der Waals surface area (Å²) in [4.78, 5) is 38.2. The van der Waals surface area contributed by atoms with Crippen molar-refractivity contribution in [3.05, 3.63) is 63.9 Å². The first kappa shape index (κ1) is 25.8. The molecule has 0 spiro atoms. The Kier molecular flexibility index (Phi) is 7.77. The fourth-order valence-corrected chi connectivity index (χ4v) is 8.18. The summed E-state index contributed by atoms with van der Waals surface area (Å²) >= 11 is 0. The van der Waals surface area contributed by atoms with Crippen LogP contribution in [0, 0.1) is 22.0 Å². The molecule has 0 aromatic heterocycles. The fraction of sp³-hybridized carbons (Fsp3) is 0.520. The molecule has 1 amide bonds. The number of non-ortho nitro benzene ring substituents is 1. The van der Waals surface area contributed by atoms with Gasteiger partial charge in [-0.2, -0.15) is 0 Å². The van der Waals surface area contributed by atoms with Gasteiger partial charge in [0.15, 0.2) is 8.32 Å². The van der Waals surface area contributed by atoms with E-state index < -0.39 is 19.2 Å². The van der Waals surface area contributed by atoms with E-state index in [2.05, 4.69) is 27.4 Å². The van der Waals surface area contributed by atoms with Crippen molar-refractivity contribution >= 4 is 25.9 Å². The minimum atomic E-state index is -1.88. The van der Waals surface area contributed by atoms with Crippen LogP contribution in [-0.4, -0.2) is 42.2 Å². The fourth-order valence-electron chi connectivity index (χ4n) is 5.24. The molecule has 0 N–H and O–H groups in total. The zero-order chi connectivity index (χ0) is 25.2. The molecule has 2 aliphatic rings. The van der Waals surface area contributed by atoms with Gasteiger partial charge < -0.3 is 14.1 Å². The van der Waals surface area contributed by atoms with Crippen molar-refractivity contribution in [3.8, 4) is 0 Å². The smallest absolute Gasteiger partial charge is 0.355 e. The zero-order valence-corrected chi connectivity index (χ0v) is 21.6. The summed E-state index contributed by atoms with van der Waals surface area (Å²) in [6.45, 7) is 14.3. The number of benzene rings is 1. The van der Waals surface area contributed by atoms with Gasteiger partial charge in [0.25, 0.3) is 5.69 Å². The van der Waals surface area contributed by atoms with Gasteiger partial charge in [0.05, 0.1) is 23.0 Å². The van der Waals surface area contributed by atoms with E-state index in [0.717, 1.165) is 18.1 Å². The predicted octanol–water partition coefficient (Wildman–Crippen LogP) is 4.97. The van der Waals surface area contributed by atoms with E-state index in [1.54, 1.807) is 23.1 Å². The Morgan fingerprint density at radius 1 is 1.24 bits per heavy atom. The lowest BCUT2D eigenvalue weighted by Crippen LogP contribution is -2.65. The van der Waals surface area contributed by atoms with E-state index in [0.29, 0.717) is 11.1 Å². The van der Waals surface area contributed by atoms with Crippen LogP contribution < -0.4 is 0 Å². The molecule has 0 bridgehead atoms. The number of esters is 1. The number of nitrogens with zero attached hydrogens (tertiary/aromatic N) is 2. The number of β-lactam (4-membered cyclic amide) rings is 1. The molecule has 0 aliphatic carbocycles. The van der Waals surface area contributed by atoms with E-state index in [1.165, 1.54) is 12.1 Å². The number of rotatable bonds is 11. The lowest BCUT2D eigenvalue weighted by atomic mass is 9.78. The Morgan fingerprint density at radius 2 is 1.82 bits per heavy atom. The van der Waals surface area contributed by atoms with Crippen molar-refractivity contribution < 1.29 is 23.7 Å². The second-order valence-corrected chi connectivity index (χ2v) is 13.8. The van der Waals surface area contributed by atoms with Crippen molar-refractivity contribution in [3.63, 3.8) is 0 Å². The molecule has 1 fully saturated rings. The van der Waals surface area contributed by atoms with Gasteiger partial charge in [0.1, 0.15) is 12.3 Å². The maximum atomic E-state index is 13.3. The highest BCUT2D eigenvalue weighted by atomic mass is 28.4. The molecule has 8 nitrogen and oxygen atoms in total. The molecule has 34 heavy (non-hydrogen) atoms. The third kappa shape index (κ3) is 4.46. The van der Waals surface area contributed by atoms with Crippen LogP contribution in [0.5, 0.6) is 0 Å². The van der Waals surface area contributed by atoms with E-state index in [4.69, 9.17) is 9.16 Å². The monoisotopic (exact) mass is 486 g/mol. The zero-order valence-electron chi connectivity index (χ0n) is 20.6. The standard InChI is InChI=1S/C25H34N2O6Si/c1-7-20-16(5)22-21(17(6)33-34(8-2,9-3)10-4)24(28)26(22)23(20)25(29)32-15-18-11-13-19(14-12-18)27(30)31/h7,11-14,16-17,21-22H,1,8-10,15H2,2-6H3/t16-,17+,21+,22+/m0/s1. The first-order chi connectivity index (χ1) is 16.1. The molecule has 1 saturated heterocycles. The van der Waals surface area contributed by atoms with Gasteiger partial charge in [-0.05, 0) is 48.3 Å². The van der Waals surface area contributed by atoms with Crippen LogP contribution in [-0.2, 0) is 25.4 Å². The van der Waals surface area contributed by atoms with Crippen LogP contribution in [0.25, 0.3) is 0 Å². The average molecular weight is 487 g/mol. The third-order valence-corrected chi connectivity index (χ3v) is 12.2. The van der Waals surface area contributed by atoms with Gasteiger partial charge in [-0.1, -0.05) is 40.3 Å². The molecule has 0 saturated carbocycles. The summed E-state index contributed by atoms with van der Waals surface area (Å²) in [6.07, 6.45) is 1.41. The first-order valence-electron chi connectivity index (χ1n) is 11.9. The molecule has 0 radical (unpaired) electrons. The largest absolute Gasteiger partial charge is 0.456 e. The normalized spacial score (nSPS) is 22.8. The number of allylic oxidation sites excluding steroid dienone is 1.